The predicted octanol–water partition coefficient (Wildman–Crippen LogP) is 7.08. The Morgan fingerprint density at radius 2 is 1.69 bits per heavy atom. The molecular formula is C37H33F3N2O7. The van der Waals surface area contributed by atoms with E-state index in [1.807, 2.05) is 42.5 Å². The summed E-state index contributed by atoms with van der Waals surface area (Å²) in [5.74, 6) is 0.536. The Hall–Kier alpha value is -5.20. The minimum atomic E-state index is -4.44. The second kappa shape index (κ2) is 14.1. The van der Waals surface area contributed by atoms with Gasteiger partial charge in [-0.25, -0.2) is 14.7 Å². The standard InChI is InChI=1S/C37H33F3N2O7/c1-22-30(41-34(49-22)24-12-14-25(15-13-24)37(38,39)40)18-19-47-31-17-16-29(27-10-6-7-11-28(27)31)32(43)33(46-2)35(44)42-26(21-48-36(42)45)20-23-8-4-3-5-9-23/h3-17,26,32-33,43H,18-21H2,1-2H3/t26-,32+,33-/m0/s1. The fourth-order valence-electron chi connectivity index (χ4n) is 5.95. The van der Waals surface area contributed by atoms with E-state index in [9.17, 15) is 27.9 Å². The summed E-state index contributed by atoms with van der Waals surface area (Å²) in [7, 11) is 1.30. The van der Waals surface area contributed by atoms with Crippen LogP contribution in [-0.2, 0) is 33.3 Å². The predicted molar refractivity (Wildman–Crippen MR) is 173 cm³/mol. The van der Waals surface area contributed by atoms with Crippen LogP contribution in [0.15, 0.2) is 95.4 Å². The van der Waals surface area contributed by atoms with Crippen LogP contribution >= 0.6 is 0 Å². The van der Waals surface area contributed by atoms with Crippen molar-refractivity contribution < 1.29 is 46.5 Å². The first kappa shape index (κ1) is 33.7. The summed E-state index contributed by atoms with van der Waals surface area (Å²) < 4.78 is 61.4. The highest BCUT2D eigenvalue weighted by molar-refractivity contribution is 5.97. The number of carbonyl (C=O) groups is 2. The Balaban J connectivity index is 1.16. The van der Waals surface area contributed by atoms with Gasteiger partial charge in [0.2, 0.25) is 5.89 Å². The number of carbonyl (C=O) groups excluding carboxylic acids is 2. The molecule has 0 bridgehead atoms. The van der Waals surface area contributed by atoms with Crippen LogP contribution in [0.3, 0.4) is 0 Å². The Kier molecular flexibility index (Phi) is 9.70. The number of fused-ring (bicyclic) bond motifs is 1. The molecule has 0 aliphatic carbocycles. The van der Waals surface area contributed by atoms with Crippen LogP contribution in [0.1, 0.15) is 34.2 Å². The molecule has 2 amide bonds. The van der Waals surface area contributed by atoms with Gasteiger partial charge in [-0.05, 0) is 60.2 Å². The zero-order valence-electron chi connectivity index (χ0n) is 26.6. The lowest BCUT2D eigenvalue weighted by Gasteiger charge is -2.28. The maximum Gasteiger partial charge on any atom is 0.417 e. The molecule has 9 nitrogen and oxygen atoms in total. The van der Waals surface area contributed by atoms with Gasteiger partial charge in [0, 0.05) is 24.5 Å². The number of nitrogens with zero attached hydrogens (tertiary/aromatic N) is 2. The summed E-state index contributed by atoms with van der Waals surface area (Å²) in [6.45, 7) is 1.96. The van der Waals surface area contributed by atoms with Gasteiger partial charge < -0.3 is 23.7 Å². The van der Waals surface area contributed by atoms with E-state index in [0.717, 1.165) is 22.6 Å². The number of imide groups is 1. The van der Waals surface area contributed by atoms with Gasteiger partial charge in [0.15, 0.2) is 6.10 Å². The van der Waals surface area contributed by atoms with E-state index in [1.165, 1.54) is 19.2 Å². The van der Waals surface area contributed by atoms with Crippen molar-refractivity contribution in [3.05, 3.63) is 119 Å². The Labute approximate surface area is 279 Å². The number of aliphatic hydroxyl groups is 1. The number of aromatic nitrogens is 1. The second-order valence-electron chi connectivity index (χ2n) is 11.6. The topological polar surface area (TPSA) is 111 Å². The van der Waals surface area contributed by atoms with Gasteiger partial charge in [-0.1, -0.05) is 60.7 Å². The summed E-state index contributed by atoms with van der Waals surface area (Å²) in [4.78, 5) is 31.9. The molecule has 5 aromatic rings. The summed E-state index contributed by atoms with van der Waals surface area (Å²) >= 11 is 0. The van der Waals surface area contributed by atoms with E-state index >= 15 is 0 Å². The average Bonchev–Trinajstić information content (AvgIpc) is 3.65. The number of halogens is 3. The number of hydrogen-bond acceptors (Lipinski definition) is 8. The van der Waals surface area contributed by atoms with Gasteiger partial charge in [0.25, 0.3) is 5.91 Å². The first-order chi connectivity index (χ1) is 23.5. The van der Waals surface area contributed by atoms with Crippen molar-refractivity contribution in [2.75, 3.05) is 20.3 Å². The molecule has 1 fully saturated rings. The molecule has 2 heterocycles. The molecule has 49 heavy (non-hydrogen) atoms. The van der Waals surface area contributed by atoms with Gasteiger partial charge in [0.1, 0.15) is 24.2 Å². The van der Waals surface area contributed by atoms with Crippen molar-refractivity contribution in [1.82, 2.24) is 9.88 Å². The van der Waals surface area contributed by atoms with Crippen LogP contribution in [0.2, 0.25) is 0 Å². The highest BCUT2D eigenvalue weighted by Crippen LogP contribution is 2.35. The molecule has 1 aliphatic heterocycles. The minimum Gasteiger partial charge on any atom is -0.493 e. The van der Waals surface area contributed by atoms with Crippen LogP contribution in [-0.4, -0.2) is 59.5 Å². The van der Waals surface area contributed by atoms with Crippen molar-refractivity contribution in [3.63, 3.8) is 0 Å². The monoisotopic (exact) mass is 674 g/mol. The average molecular weight is 675 g/mol. The van der Waals surface area contributed by atoms with E-state index in [2.05, 4.69) is 4.98 Å². The van der Waals surface area contributed by atoms with E-state index in [0.29, 0.717) is 51.9 Å². The third kappa shape index (κ3) is 7.15. The van der Waals surface area contributed by atoms with Gasteiger partial charge in [-0.2, -0.15) is 13.2 Å². The zero-order chi connectivity index (χ0) is 34.7. The maximum absolute atomic E-state index is 13.7. The Morgan fingerprint density at radius 3 is 2.39 bits per heavy atom. The number of ether oxygens (including phenoxy) is 3. The molecule has 254 valence electrons. The summed E-state index contributed by atoms with van der Waals surface area (Å²) in [6.07, 6.45) is -7.30. The first-order valence-corrected chi connectivity index (χ1v) is 15.6. The summed E-state index contributed by atoms with van der Waals surface area (Å²) in [5.41, 5.74) is 1.59. The van der Waals surface area contributed by atoms with Gasteiger partial charge in [0.05, 0.1) is 23.9 Å². The molecule has 0 saturated carbocycles. The van der Waals surface area contributed by atoms with E-state index in [-0.39, 0.29) is 19.1 Å². The van der Waals surface area contributed by atoms with Gasteiger partial charge in [-0.15, -0.1) is 0 Å². The lowest BCUT2D eigenvalue weighted by molar-refractivity contribution is -0.147. The van der Waals surface area contributed by atoms with Crippen molar-refractivity contribution in [2.45, 2.75) is 44.2 Å². The van der Waals surface area contributed by atoms with Crippen molar-refractivity contribution >= 4 is 22.8 Å². The molecule has 6 rings (SSSR count). The van der Waals surface area contributed by atoms with Crippen LogP contribution in [0.5, 0.6) is 5.75 Å². The second-order valence-corrected chi connectivity index (χ2v) is 11.6. The fraction of sp³-hybridized carbons (Fsp3) is 0.270. The van der Waals surface area contributed by atoms with Crippen molar-refractivity contribution in [2.24, 2.45) is 0 Å². The zero-order valence-corrected chi connectivity index (χ0v) is 26.6. The quantitative estimate of drug-likeness (QED) is 0.158. The van der Waals surface area contributed by atoms with Crippen LogP contribution in [0.4, 0.5) is 18.0 Å². The van der Waals surface area contributed by atoms with Gasteiger partial charge in [-0.3, -0.25) is 4.79 Å². The SMILES string of the molecule is CO[C@H](C(=O)N1C(=O)OC[C@@H]1Cc1ccccc1)[C@H](O)c1ccc(OCCc2nc(-c3ccc(C(F)(F)F)cc3)oc2C)c2ccccc12. The molecule has 1 aromatic heterocycles. The fourth-order valence-corrected chi connectivity index (χ4v) is 5.95. The highest BCUT2D eigenvalue weighted by Gasteiger charge is 2.43. The number of methoxy groups -OCH3 is 1. The number of rotatable bonds is 11. The van der Waals surface area contributed by atoms with Crippen LogP contribution in [0, 0.1) is 6.92 Å². The molecule has 0 radical (unpaired) electrons. The number of hydrogen-bond donors (Lipinski definition) is 1. The van der Waals surface area contributed by atoms with E-state index < -0.39 is 42.0 Å². The lowest BCUT2D eigenvalue weighted by Crippen LogP contribution is -2.48. The van der Waals surface area contributed by atoms with Crippen LogP contribution < -0.4 is 4.74 Å². The summed E-state index contributed by atoms with van der Waals surface area (Å²) in [5, 5.41) is 12.8. The van der Waals surface area contributed by atoms with Gasteiger partial charge >= 0.3 is 12.3 Å². The van der Waals surface area contributed by atoms with Crippen LogP contribution in [0.25, 0.3) is 22.2 Å². The number of cyclic esters (lactones) is 1. The molecule has 1 aliphatic rings. The number of oxazole rings is 1. The molecule has 1 N–H and O–H groups in total. The van der Waals surface area contributed by atoms with Crippen molar-refractivity contribution in [3.8, 4) is 17.2 Å². The highest BCUT2D eigenvalue weighted by atomic mass is 19.4. The lowest BCUT2D eigenvalue weighted by atomic mass is 9.95. The third-order valence-corrected chi connectivity index (χ3v) is 8.48. The molecule has 0 unspecified atom stereocenters. The number of benzene rings is 4. The molecule has 4 aromatic carbocycles. The maximum atomic E-state index is 13.7. The normalized spacial score (nSPS) is 16.1. The number of aliphatic hydroxyl groups excluding tert-OH is 1. The number of amides is 2. The van der Waals surface area contributed by atoms with Crippen molar-refractivity contribution in [1.29, 1.82) is 0 Å². The molecular weight excluding hydrogens is 641 g/mol. The Bertz CT molecular complexity index is 1940. The molecule has 3 atom stereocenters. The molecule has 12 heteroatoms. The molecule has 1 saturated heterocycles. The smallest absolute Gasteiger partial charge is 0.417 e. The summed E-state index contributed by atoms with van der Waals surface area (Å²) in [6, 6.07) is 24.0. The molecule has 0 spiro atoms. The van der Waals surface area contributed by atoms with E-state index in [1.54, 1.807) is 31.2 Å². The number of aryl methyl sites for hydroxylation is 1. The number of alkyl halides is 3. The first-order valence-electron chi connectivity index (χ1n) is 15.6. The Morgan fingerprint density at radius 1 is 1.00 bits per heavy atom. The third-order valence-electron chi connectivity index (χ3n) is 8.48. The largest absolute Gasteiger partial charge is 0.493 e. The van der Waals surface area contributed by atoms with E-state index in [4.69, 9.17) is 18.6 Å². The minimum absolute atomic E-state index is 0.0329.